The molecule has 0 saturated heterocycles. The third-order valence-corrected chi connectivity index (χ3v) is 2.32. The van der Waals surface area contributed by atoms with E-state index in [1.165, 1.54) is 25.3 Å². The molecule has 0 spiro atoms. The van der Waals surface area contributed by atoms with Gasteiger partial charge in [-0.1, -0.05) is 18.2 Å². The minimum Gasteiger partial charge on any atom is -0.268 e. The van der Waals surface area contributed by atoms with E-state index < -0.39 is 17.8 Å². The number of hydrogen-bond donors (Lipinski definition) is 0. The number of benzene rings is 1. The summed E-state index contributed by atoms with van der Waals surface area (Å²) in [6, 6.07) is 7.28. The summed E-state index contributed by atoms with van der Waals surface area (Å²) in [7, 11) is 0. The Kier molecular flexibility index (Phi) is 2.74. The molecule has 1 heterocycles. The highest BCUT2D eigenvalue weighted by Crippen LogP contribution is 2.12. The van der Waals surface area contributed by atoms with E-state index in [2.05, 4.69) is 5.32 Å². The highest BCUT2D eigenvalue weighted by atomic mass is 16.2. The molecule has 1 aliphatic rings. The molecule has 2 rings (SSSR count). The van der Waals surface area contributed by atoms with Crippen molar-refractivity contribution in [3.05, 3.63) is 47.7 Å². The molecule has 0 aromatic heterocycles. The Bertz CT molecular complexity index is 520. The van der Waals surface area contributed by atoms with Crippen LogP contribution in [0.3, 0.4) is 0 Å². The fourth-order valence-corrected chi connectivity index (χ4v) is 1.42. The molecule has 5 heteroatoms. The standard InChI is InChI=1S/C12H9N2O3/c1-8-7-13-12(17)14(10(8)15)11(16)9-5-3-2-4-6-9/h2-7H,1H3. The first kappa shape index (κ1) is 11.1. The van der Waals surface area contributed by atoms with Gasteiger partial charge < -0.3 is 0 Å². The summed E-state index contributed by atoms with van der Waals surface area (Å²) in [5.74, 6) is -1.28. The van der Waals surface area contributed by atoms with Gasteiger partial charge in [0.1, 0.15) is 0 Å². The number of carbonyl (C=O) groups excluding carboxylic acids is 3. The van der Waals surface area contributed by atoms with Crippen molar-refractivity contribution in [2.45, 2.75) is 6.92 Å². The zero-order valence-electron chi connectivity index (χ0n) is 9.08. The number of hydrogen-bond acceptors (Lipinski definition) is 3. The Labute approximate surface area is 97.7 Å². The molecule has 1 radical (unpaired) electrons. The first-order valence-corrected chi connectivity index (χ1v) is 4.96. The molecule has 0 bridgehead atoms. The van der Waals surface area contributed by atoms with Crippen molar-refractivity contribution in [1.82, 2.24) is 10.2 Å². The Balaban J connectivity index is 2.35. The summed E-state index contributed by atoms with van der Waals surface area (Å²) in [5, 5.41) is 3.47. The van der Waals surface area contributed by atoms with E-state index in [4.69, 9.17) is 0 Å². The smallest absolute Gasteiger partial charge is 0.268 e. The van der Waals surface area contributed by atoms with Crippen molar-refractivity contribution < 1.29 is 14.4 Å². The first-order chi connectivity index (χ1) is 8.11. The van der Waals surface area contributed by atoms with Gasteiger partial charge in [0.05, 0.1) is 0 Å². The van der Waals surface area contributed by atoms with Crippen molar-refractivity contribution in [2.24, 2.45) is 0 Å². The van der Waals surface area contributed by atoms with Crippen LogP contribution in [-0.4, -0.2) is 22.7 Å². The molecule has 1 aromatic rings. The monoisotopic (exact) mass is 229 g/mol. The number of imide groups is 3. The molecule has 1 aliphatic heterocycles. The molecular formula is C12H9N2O3. The van der Waals surface area contributed by atoms with Crippen LogP contribution in [-0.2, 0) is 4.79 Å². The third-order valence-electron chi connectivity index (χ3n) is 2.32. The minimum atomic E-state index is -0.852. The molecule has 85 valence electrons. The lowest BCUT2D eigenvalue weighted by Crippen LogP contribution is -2.47. The number of nitrogens with zero attached hydrogens (tertiary/aromatic N) is 2. The zero-order valence-corrected chi connectivity index (χ0v) is 9.08. The van der Waals surface area contributed by atoms with Gasteiger partial charge >= 0.3 is 6.03 Å². The summed E-state index contributed by atoms with van der Waals surface area (Å²) in [5.41, 5.74) is 0.535. The molecule has 4 amide bonds. The maximum absolute atomic E-state index is 12.0. The maximum atomic E-state index is 12.0. The predicted molar refractivity (Wildman–Crippen MR) is 58.9 cm³/mol. The normalized spacial score (nSPS) is 15.4. The van der Waals surface area contributed by atoms with Crippen LogP contribution in [0.2, 0.25) is 0 Å². The van der Waals surface area contributed by atoms with E-state index in [9.17, 15) is 14.4 Å². The fraction of sp³-hybridized carbons (Fsp3) is 0.0833. The zero-order chi connectivity index (χ0) is 12.4. The van der Waals surface area contributed by atoms with Crippen molar-refractivity contribution in [3.8, 4) is 0 Å². The van der Waals surface area contributed by atoms with Crippen LogP contribution in [0, 0.1) is 0 Å². The summed E-state index contributed by atoms with van der Waals surface area (Å²) in [6.07, 6.45) is 1.17. The van der Waals surface area contributed by atoms with E-state index in [-0.39, 0.29) is 11.1 Å². The van der Waals surface area contributed by atoms with Gasteiger partial charge in [-0.2, -0.15) is 4.90 Å². The van der Waals surface area contributed by atoms with Gasteiger partial charge in [-0.15, -0.1) is 0 Å². The molecule has 0 fully saturated rings. The molecule has 0 atom stereocenters. The number of amides is 4. The van der Waals surface area contributed by atoms with Gasteiger partial charge in [-0.25, -0.2) is 10.1 Å². The van der Waals surface area contributed by atoms with Crippen LogP contribution < -0.4 is 5.32 Å². The van der Waals surface area contributed by atoms with E-state index in [1.807, 2.05) is 0 Å². The van der Waals surface area contributed by atoms with Crippen molar-refractivity contribution in [3.63, 3.8) is 0 Å². The minimum absolute atomic E-state index is 0.258. The van der Waals surface area contributed by atoms with Gasteiger partial charge in [0, 0.05) is 17.3 Å². The van der Waals surface area contributed by atoms with Crippen LogP contribution in [0.5, 0.6) is 0 Å². The number of rotatable bonds is 1. The topological polar surface area (TPSA) is 68.6 Å². The SMILES string of the molecule is CC1=C[N]C(=O)N(C(=O)c2ccccc2)C1=O. The van der Waals surface area contributed by atoms with Gasteiger partial charge in [-0.3, -0.25) is 9.59 Å². The molecule has 1 aromatic carbocycles. The molecule has 0 saturated carbocycles. The van der Waals surface area contributed by atoms with Gasteiger partial charge in [0.25, 0.3) is 11.8 Å². The summed E-state index contributed by atoms with van der Waals surface area (Å²) in [4.78, 5) is 35.7. The van der Waals surface area contributed by atoms with E-state index in [0.717, 1.165) is 0 Å². The van der Waals surface area contributed by atoms with Crippen LogP contribution in [0.4, 0.5) is 4.79 Å². The average Bonchev–Trinajstić information content (AvgIpc) is 2.35. The highest BCUT2D eigenvalue weighted by Gasteiger charge is 2.33. The quantitative estimate of drug-likeness (QED) is 0.681. The van der Waals surface area contributed by atoms with Crippen molar-refractivity contribution in [2.75, 3.05) is 0 Å². The Hall–Kier alpha value is -2.43. The Morgan fingerprint density at radius 3 is 2.47 bits per heavy atom. The third kappa shape index (κ3) is 1.94. The molecule has 0 aliphatic carbocycles. The summed E-state index contributed by atoms with van der Waals surface area (Å²) >= 11 is 0. The Morgan fingerprint density at radius 2 is 1.82 bits per heavy atom. The molecule has 0 unspecified atom stereocenters. The lowest BCUT2D eigenvalue weighted by atomic mass is 10.1. The predicted octanol–water partition coefficient (Wildman–Crippen LogP) is 1.30. The van der Waals surface area contributed by atoms with Crippen LogP contribution in [0.1, 0.15) is 17.3 Å². The first-order valence-electron chi connectivity index (χ1n) is 4.96. The van der Waals surface area contributed by atoms with Crippen LogP contribution >= 0.6 is 0 Å². The summed E-state index contributed by atoms with van der Waals surface area (Å²) in [6.45, 7) is 1.50. The maximum Gasteiger partial charge on any atom is 0.357 e. The molecule has 17 heavy (non-hydrogen) atoms. The lowest BCUT2D eigenvalue weighted by molar-refractivity contribution is -0.122. The number of urea groups is 1. The van der Waals surface area contributed by atoms with E-state index in [1.54, 1.807) is 18.2 Å². The van der Waals surface area contributed by atoms with Crippen LogP contribution in [0.15, 0.2) is 42.1 Å². The van der Waals surface area contributed by atoms with Crippen molar-refractivity contribution in [1.29, 1.82) is 0 Å². The average molecular weight is 229 g/mol. The number of carbonyl (C=O) groups is 3. The summed E-state index contributed by atoms with van der Waals surface area (Å²) < 4.78 is 0. The molecular weight excluding hydrogens is 220 g/mol. The lowest BCUT2D eigenvalue weighted by Gasteiger charge is -2.21. The Morgan fingerprint density at radius 1 is 1.18 bits per heavy atom. The second-order valence-electron chi connectivity index (χ2n) is 3.54. The largest absolute Gasteiger partial charge is 0.357 e. The fourth-order valence-electron chi connectivity index (χ4n) is 1.42. The molecule has 5 nitrogen and oxygen atoms in total. The molecule has 0 N–H and O–H groups in total. The van der Waals surface area contributed by atoms with Gasteiger partial charge in [0.2, 0.25) is 0 Å². The van der Waals surface area contributed by atoms with Gasteiger partial charge in [0.15, 0.2) is 0 Å². The van der Waals surface area contributed by atoms with E-state index >= 15 is 0 Å². The van der Waals surface area contributed by atoms with Crippen molar-refractivity contribution >= 4 is 17.8 Å². The second kappa shape index (κ2) is 4.21. The van der Waals surface area contributed by atoms with Gasteiger partial charge in [-0.05, 0) is 19.1 Å². The van der Waals surface area contributed by atoms with E-state index in [0.29, 0.717) is 4.90 Å². The highest BCUT2D eigenvalue weighted by molar-refractivity contribution is 6.21. The van der Waals surface area contributed by atoms with Crippen LogP contribution in [0.25, 0.3) is 0 Å². The second-order valence-corrected chi connectivity index (χ2v) is 3.54.